The third kappa shape index (κ3) is 5.83. The van der Waals surface area contributed by atoms with Crippen molar-refractivity contribution in [3.05, 3.63) is 35.4 Å². The molecule has 5 nitrogen and oxygen atoms in total. The third-order valence-corrected chi connectivity index (χ3v) is 2.79. The van der Waals surface area contributed by atoms with E-state index in [9.17, 15) is 4.79 Å². The van der Waals surface area contributed by atoms with Gasteiger partial charge >= 0.3 is 0 Å². The van der Waals surface area contributed by atoms with Gasteiger partial charge in [-0.1, -0.05) is 24.3 Å². The molecule has 1 aromatic carbocycles. The smallest absolute Gasteiger partial charge is 0.234 e. The first-order valence-electron chi connectivity index (χ1n) is 6.29. The lowest BCUT2D eigenvalue weighted by molar-refractivity contribution is -0.122. The monoisotopic (exact) mass is 266 g/mol. The van der Waals surface area contributed by atoms with Crippen LogP contribution in [0.3, 0.4) is 0 Å². The van der Waals surface area contributed by atoms with Gasteiger partial charge in [-0.2, -0.15) is 0 Å². The Balaban J connectivity index is 2.45. The molecule has 0 saturated heterocycles. The van der Waals surface area contributed by atoms with Gasteiger partial charge in [0, 0.05) is 20.2 Å². The predicted molar refractivity (Wildman–Crippen MR) is 73.6 cm³/mol. The van der Waals surface area contributed by atoms with Gasteiger partial charge in [-0.25, -0.2) is 0 Å². The lowest BCUT2D eigenvalue weighted by Gasteiger charge is -2.15. The van der Waals surface area contributed by atoms with Crippen LogP contribution in [0.15, 0.2) is 24.3 Å². The molecule has 0 fully saturated rings. The molecule has 1 amide bonds. The molecular formula is C14H22N2O3. The summed E-state index contributed by atoms with van der Waals surface area (Å²) >= 11 is 0. The molecule has 106 valence electrons. The van der Waals surface area contributed by atoms with Crippen molar-refractivity contribution in [2.75, 3.05) is 33.9 Å². The summed E-state index contributed by atoms with van der Waals surface area (Å²) in [5, 5.41) is 11.6. The highest BCUT2D eigenvalue weighted by atomic mass is 16.5. The fraction of sp³-hybridized carbons (Fsp3) is 0.500. The number of carbonyl (C=O) groups excluding carboxylic acids is 1. The molecule has 0 atom stereocenters. The number of rotatable bonds is 8. The van der Waals surface area contributed by atoms with Gasteiger partial charge in [0.1, 0.15) is 0 Å². The minimum atomic E-state index is -0.0526. The minimum absolute atomic E-state index is 0.0526. The van der Waals surface area contributed by atoms with Crippen LogP contribution >= 0.6 is 0 Å². The highest BCUT2D eigenvalue weighted by Gasteiger charge is 2.07. The Bertz CT molecular complexity index is 396. The zero-order valence-corrected chi connectivity index (χ0v) is 11.6. The number of amides is 1. The van der Waals surface area contributed by atoms with E-state index >= 15 is 0 Å². The number of aliphatic hydroxyl groups is 1. The van der Waals surface area contributed by atoms with Crippen molar-refractivity contribution in [3.63, 3.8) is 0 Å². The topological polar surface area (TPSA) is 61.8 Å². The number of hydrogen-bond acceptors (Lipinski definition) is 4. The summed E-state index contributed by atoms with van der Waals surface area (Å²) in [6.45, 7) is 1.86. The first-order chi connectivity index (χ1) is 9.17. The molecule has 0 heterocycles. The second kappa shape index (κ2) is 8.63. The van der Waals surface area contributed by atoms with Gasteiger partial charge in [-0.3, -0.25) is 9.69 Å². The van der Waals surface area contributed by atoms with Crippen LogP contribution in [0.25, 0.3) is 0 Å². The maximum Gasteiger partial charge on any atom is 0.234 e. The van der Waals surface area contributed by atoms with Crippen molar-refractivity contribution in [3.8, 4) is 0 Å². The van der Waals surface area contributed by atoms with E-state index < -0.39 is 0 Å². The van der Waals surface area contributed by atoms with Crippen LogP contribution in [0.1, 0.15) is 11.1 Å². The second-order valence-electron chi connectivity index (χ2n) is 4.44. The molecule has 0 aliphatic heterocycles. The molecule has 0 radical (unpaired) electrons. The summed E-state index contributed by atoms with van der Waals surface area (Å²) in [5.74, 6) is -0.0526. The summed E-state index contributed by atoms with van der Waals surface area (Å²) in [7, 11) is 3.45. The highest BCUT2D eigenvalue weighted by molar-refractivity contribution is 5.78. The van der Waals surface area contributed by atoms with Crippen molar-refractivity contribution < 1.29 is 14.6 Å². The maximum atomic E-state index is 11.7. The number of hydrogen-bond donors (Lipinski definition) is 2. The first kappa shape index (κ1) is 15.6. The molecule has 19 heavy (non-hydrogen) atoms. The molecule has 0 aromatic heterocycles. The molecule has 0 saturated carbocycles. The van der Waals surface area contributed by atoms with Crippen LogP contribution in [0, 0.1) is 0 Å². The number of aliphatic hydroxyl groups excluding tert-OH is 1. The Kier molecular flexibility index (Phi) is 7.10. The van der Waals surface area contributed by atoms with Gasteiger partial charge in [0.05, 0.1) is 19.8 Å². The number of methoxy groups -OCH3 is 1. The fourth-order valence-electron chi connectivity index (χ4n) is 1.77. The summed E-state index contributed by atoms with van der Waals surface area (Å²) in [5.41, 5.74) is 2.14. The quantitative estimate of drug-likeness (QED) is 0.714. The fourth-order valence-corrected chi connectivity index (χ4v) is 1.77. The number of likely N-dealkylation sites (N-methyl/N-ethyl adjacent to an activating group) is 1. The zero-order valence-electron chi connectivity index (χ0n) is 11.6. The molecule has 5 heteroatoms. The number of ether oxygens (including phenoxy) is 1. The van der Waals surface area contributed by atoms with Crippen LogP contribution in [0.2, 0.25) is 0 Å². The van der Waals surface area contributed by atoms with E-state index in [1.807, 2.05) is 24.3 Å². The molecular weight excluding hydrogens is 244 g/mol. The molecule has 0 aliphatic rings. The standard InChI is InChI=1S/C14H22N2O3/c1-16(7-8-17)10-14(18)15-9-12-5-3-4-6-13(12)11-19-2/h3-6,17H,7-11H2,1-2H3,(H,15,18). The van der Waals surface area contributed by atoms with E-state index in [0.717, 1.165) is 11.1 Å². The van der Waals surface area contributed by atoms with Gasteiger partial charge < -0.3 is 15.2 Å². The molecule has 0 spiro atoms. The van der Waals surface area contributed by atoms with E-state index in [1.54, 1.807) is 19.1 Å². The van der Waals surface area contributed by atoms with Gasteiger partial charge in [0.25, 0.3) is 0 Å². The Morgan fingerprint density at radius 3 is 2.68 bits per heavy atom. The summed E-state index contributed by atoms with van der Waals surface area (Å²) < 4.78 is 5.12. The second-order valence-corrected chi connectivity index (χ2v) is 4.44. The SMILES string of the molecule is COCc1ccccc1CNC(=O)CN(C)CCO. The number of carbonyl (C=O) groups is 1. The van der Waals surface area contributed by atoms with Gasteiger partial charge in [-0.15, -0.1) is 0 Å². The summed E-state index contributed by atoms with van der Waals surface area (Å²) in [6.07, 6.45) is 0. The average Bonchev–Trinajstić information content (AvgIpc) is 2.38. The van der Waals surface area contributed by atoms with Gasteiger partial charge in [0.2, 0.25) is 5.91 Å². The van der Waals surface area contributed by atoms with E-state index in [1.165, 1.54) is 0 Å². The number of nitrogens with one attached hydrogen (secondary N) is 1. The first-order valence-corrected chi connectivity index (χ1v) is 6.29. The van der Waals surface area contributed by atoms with Crippen molar-refractivity contribution in [2.45, 2.75) is 13.2 Å². The highest BCUT2D eigenvalue weighted by Crippen LogP contribution is 2.09. The lowest BCUT2D eigenvalue weighted by Crippen LogP contribution is -2.36. The van der Waals surface area contributed by atoms with Crippen molar-refractivity contribution in [1.29, 1.82) is 0 Å². The van der Waals surface area contributed by atoms with Crippen LogP contribution in [-0.4, -0.2) is 49.8 Å². The largest absolute Gasteiger partial charge is 0.395 e. The van der Waals surface area contributed by atoms with Crippen LogP contribution in [-0.2, 0) is 22.7 Å². The molecule has 0 aliphatic carbocycles. The van der Waals surface area contributed by atoms with Crippen molar-refractivity contribution in [1.82, 2.24) is 10.2 Å². The Morgan fingerprint density at radius 1 is 1.37 bits per heavy atom. The van der Waals surface area contributed by atoms with E-state index in [0.29, 0.717) is 19.7 Å². The van der Waals surface area contributed by atoms with Crippen LogP contribution < -0.4 is 5.32 Å². The lowest BCUT2D eigenvalue weighted by atomic mass is 10.1. The van der Waals surface area contributed by atoms with Crippen LogP contribution in [0.4, 0.5) is 0 Å². The third-order valence-electron chi connectivity index (χ3n) is 2.79. The zero-order chi connectivity index (χ0) is 14.1. The molecule has 1 aromatic rings. The molecule has 0 bridgehead atoms. The minimum Gasteiger partial charge on any atom is -0.395 e. The Labute approximate surface area is 114 Å². The van der Waals surface area contributed by atoms with E-state index in [-0.39, 0.29) is 19.1 Å². The summed E-state index contributed by atoms with van der Waals surface area (Å²) in [6, 6.07) is 7.86. The predicted octanol–water partition coefficient (Wildman–Crippen LogP) is 0.373. The Morgan fingerprint density at radius 2 is 2.05 bits per heavy atom. The van der Waals surface area contributed by atoms with Gasteiger partial charge in [0.15, 0.2) is 0 Å². The van der Waals surface area contributed by atoms with Gasteiger partial charge in [-0.05, 0) is 18.2 Å². The average molecular weight is 266 g/mol. The number of benzene rings is 1. The van der Waals surface area contributed by atoms with Crippen molar-refractivity contribution in [2.24, 2.45) is 0 Å². The number of nitrogens with zero attached hydrogens (tertiary/aromatic N) is 1. The van der Waals surface area contributed by atoms with Crippen molar-refractivity contribution >= 4 is 5.91 Å². The molecule has 1 rings (SSSR count). The maximum absolute atomic E-state index is 11.7. The molecule has 2 N–H and O–H groups in total. The Hall–Kier alpha value is -1.43. The summed E-state index contributed by atoms with van der Waals surface area (Å²) in [4.78, 5) is 13.5. The molecule has 0 unspecified atom stereocenters. The van der Waals surface area contributed by atoms with E-state index in [2.05, 4.69) is 5.32 Å². The van der Waals surface area contributed by atoms with Crippen LogP contribution in [0.5, 0.6) is 0 Å². The normalized spacial score (nSPS) is 10.7. The van der Waals surface area contributed by atoms with E-state index in [4.69, 9.17) is 9.84 Å².